The summed E-state index contributed by atoms with van der Waals surface area (Å²) in [5.41, 5.74) is 3.43. The van der Waals surface area contributed by atoms with Gasteiger partial charge in [-0.05, 0) is 23.3 Å². The van der Waals surface area contributed by atoms with Gasteiger partial charge in [0, 0.05) is 15.4 Å². The van der Waals surface area contributed by atoms with Crippen molar-refractivity contribution in [2.45, 2.75) is 0 Å². The minimum absolute atomic E-state index is 0.103. The molecule has 0 aromatic heterocycles. The molecule has 0 radical (unpaired) electrons. The predicted octanol–water partition coefficient (Wildman–Crippen LogP) is 6.01. The third kappa shape index (κ3) is 3.12. The molecular weight excluding hydrogens is 400 g/mol. The summed E-state index contributed by atoms with van der Waals surface area (Å²) < 4.78 is 5.49. The number of Topliss-reactive ketones (excluding diaryl/α,β-unsaturated/α-hetero) is 1. The lowest BCUT2D eigenvalue weighted by Gasteiger charge is -2.19. The first-order valence-electron chi connectivity index (χ1n) is 9.04. The summed E-state index contributed by atoms with van der Waals surface area (Å²) in [6, 6.07) is 26.7. The zero-order valence-electron chi connectivity index (χ0n) is 15.1. The van der Waals surface area contributed by atoms with Crippen LogP contribution in [0.4, 0.5) is 0 Å². The molecule has 3 aromatic carbocycles. The van der Waals surface area contributed by atoms with E-state index in [2.05, 4.69) is 0 Å². The maximum atomic E-state index is 13.2. The molecule has 2 aliphatic heterocycles. The summed E-state index contributed by atoms with van der Waals surface area (Å²) in [4.78, 5) is 27.7. The number of allylic oxidation sites excluding steroid dienone is 1. The number of carbonyl (C=O) groups is 2. The van der Waals surface area contributed by atoms with Crippen molar-refractivity contribution < 1.29 is 14.3 Å². The number of hydrogen-bond acceptors (Lipinski definition) is 5. The Labute approximate surface area is 175 Å². The van der Waals surface area contributed by atoms with E-state index in [4.69, 9.17) is 4.74 Å². The highest BCUT2D eigenvalue weighted by Gasteiger charge is 2.38. The normalized spacial score (nSPS) is 18.6. The van der Waals surface area contributed by atoms with Crippen LogP contribution < -0.4 is 4.74 Å². The van der Waals surface area contributed by atoms with Gasteiger partial charge in [-0.2, -0.15) is 0 Å². The van der Waals surface area contributed by atoms with Crippen molar-refractivity contribution in [3.05, 3.63) is 112 Å². The Kier molecular flexibility index (Phi) is 4.62. The molecule has 0 saturated heterocycles. The highest BCUT2D eigenvalue weighted by molar-refractivity contribution is 8.82. The fraction of sp³-hybridized carbons (Fsp3) is 0. The van der Waals surface area contributed by atoms with Gasteiger partial charge in [-0.1, -0.05) is 94.4 Å². The molecule has 0 saturated carbocycles. The van der Waals surface area contributed by atoms with E-state index in [0.29, 0.717) is 16.2 Å². The summed E-state index contributed by atoms with van der Waals surface area (Å²) >= 11 is 0. The maximum Gasteiger partial charge on any atom is 0.348 e. The van der Waals surface area contributed by atoms with E-state index >= 15 is 0 Å². The number of benzene rings is 3. The molecule has 0 spiro atoms. The molecule has 0 atom stereocenters. The number of ketones is 1. The molecule has 0 unspecified atom stereocenters. The first-order chi connectivity index (χ1) is 14.2. The lowest BCUT2D eigenvalue weighted by Crippen LogP contribution is -2.26. The molecule has 0 N–H and O–H groups in total. The molecule has 0 amide bonds. The Morgan fingerprint density at radius 2 is 1.17 bits per heavy atom. The van der Waals surface area contributed by atoms with Gasteiger partial charge in [0.1, 0.15) is 11.3 Å². The highest BCUT2D eigenvalue weighted by atomic mass is 33.1. The van der Waals surface area contributed by atoms with Crippen LogP contribution in [0, 0.1) is 0 Å². The fourth-order valence-electron chi connectivity index (χ4n) is 3.40. The van der Waals surface area contributed by atoms with Crippen molar-refractivity contribution in [3.8, 4) is 5.75 Å². The molecule has 3 aromatic rings. The van der Waals surface area contributed by atoms with Crippen LogP contribution in [0.1, 0.15) is 21.5 Å². The maximum absolute atomic E-state index is 13.2. The first-order valence-corrected chi connectivity index (χ1v) is 11.2. The van der Waals surface area contributed by atoms with Crippen molar-refractivity contribution in [1.29, 1.82) is 0 Å². The molecule has 2 aliphatic rings. The lowest BCUT2D eigenvalue weighted by atomic mass is 9.94. The number of rotatable bonds is 2. The average Bonchev–Trinajstić information content (AvgIpc) is 3.20. The summed E-state index contributed by atoms with van der Waals surface area (Å²) in [6.07, 6.45) is 0. The quantitative estimate of drug-likeness (QED) is 0.169. The zero-order valence-corrected chi connectivity index (χ0v) is 16.8. The van der Waals surface area contributed by atoms with Crippen molar-refractivity contribution in [3.63, 3.8) is 0 Å². The number of carbonyl (C=O) groups excluding carboxylic acids is 2. The Hall–Kier alpha value is -3.02. The molecule has 0 fully saturated rings. The molecule has 140 valence electrons. The summed E-state index contributed by atoms with van der Waals surface area (Å²) in [5.74, 6) is -0.571. The topological polar surface area (TPSA) is 43.4 Å². The van der Waals surface area contributed by atoms with Crippen LogP contribution in [-0.4, -0.2) is 11.8 Å². The van der Waals surface area contributed by atoms with Gasteiger partial charge in [0.05, 0.1) is 5.56 Å². The standard InChI is InChI=1S/C24H14O3S2/c25-21-17-13-7-8-14-18(17)27-24(26)20(21)23-19(15-9-3-1-4-10-15)22(28-29-23)16-11-5-2-6-12-16/h1-14H/b23-20-. The van der Waals surface area contributed by atoms with Crippen LogP contribution in [-0.2, 0) is 4.79 Å². The number of ether oxygens (including phenoxy) is 1. The van der Waals surface area contributed by atoms with Gasteiger partial charge in [0.2, 0.25) is 5.78 Å². The zero-order chi connectivity index (χ0) is 19.8. The molecule has 0 aliphatic carbocycles. The van der Waals surface area contributed by atoms with Gasteiger partial charge in [0.15, 0.2) is 0 Å². The first kappa shape index (κ1) is 18.0. The van der Waals surface area contributed by atoms with Gasteiger partial charge in [-0.15, -0.1) is 0 Å². The largest absolute Gasteiger partial charge is 0.422 e. The van der Waals surface area contributed by atoms with Crippen molar-refractivity contribution in [1.82, 2.24) is 0 Å². The van der Waals surface area contributed by atoms with Crippen molar-refractivity contribution in [2.24, 2.45) is 0 Å². The van der Waals surface area contributed by atoms with Gasteiger partial charge in [-0.3, -0.25) is 4.79 Å². The second-order valence-electron chi connectivity index (χ2n) is 6.52. The Bertz CT molecular complexity index is 1200. The fourth-order valence-corrected chi connectivity index (χ4v) is 6.27. The molecule has 29 heavy (non-hydrogen) atoms. The Balaban J connectivity index is 1.76. The van der Waals surface area contributed by atoms with Gasteiger partial charge >= 0.3 is 5.97 Å². The van der Waals surface area contributed by atoms with E-state index in [-0.39, 0.29) is 11.4 Å². The van der Waals surface area contributed by atoms with E-state index in [1.54, 1.807) is 35.1 Å². The van der Waals surface area contributed by atoms with Crippen molar-refractivity contribution in [2.75, 3.05) is 0 Å². The molecule has 0 bridgehead atoms. The number of para-hydroxylation sites is 1. The Morgan fingerprint density at radius 3 is 1.90 bits per heavy atom. The van der Waals surface area contributed by atoms with E-state index in [1.807, 2.05) is 60.7 Å². The third-order valence-corrected chi connectivity index (χ3v) is 7.27. The van der Waals surface area contributed by atoms with E-state index in [1.165, 1.54) is 10.8 Å². The van der Waals surface area contributed by atoms with Crippen molar-refractivity contribution >= 4 is 43.8 Å². The number of esters is 1. The SMILES string of the molecule is O=C1Oc2ccccc2C(=O)/C1=C1/SSC(c2ccccc2)=C1c1ccccc1. The number of fused-ring (bicyclic) bond motifs is 1. The Morgan fingerprint density at radius 1 is 0.586 bits per heavy atom. The minimum atomic E-state index is -0.598. The van der Waals surface area contributed by atoms with Crippen LogP contribution in [0.25, 0.3) is 10.5 Å². The summed E-state index contributed by atoms with van der Waals surface area (Å²) in [6.45, 7) is 0. The highest BCUT2D eigenvalue weighted by Crippen LogP contribution is 2.59. The monoisotopic (exact) mass is 414 g/mol. The van der Waals surface area contributed by atoms with Gasteiger partial charge in [-0.25, -0.2) is 4.79 Å². The third-order valence-electron chi connectivity index (χ3n) is 4.75. The van der Waals surface area contributed by atoms with Crippen LogP contribution in [0.5, 0.6) is 5.75 Å². The molecular formula is C24H14O3S2. The summed E-state index contributed by atoms with van der Waals surface area (Å²) in [7, 11) is 3.00. The van der Waals surface area contributed by atoms with Crippen LogP contribution in [0.3, 0.4) is 0 Å². The second-order valence-corrected chi connectivity index (χ2v) is 8.67. The predicted molar refractivity (Wildman–Crippen MR) is 118 cm³/mol. The van der Waals surface area contributed by atoms with Crippen LogP contribution in [0.15, 0.2) is 95.4 Å². The van der Waals surface area contributed by atoms with Gasteiger partial charge in [0.25, 0.3) is 0 Å². The van der Waals surface area contributed by atoms with E-state index < -0.39 is 5.97 Å². The lowest BCUT2D eigenvalue weighted by molar-refractivity contribution is -0.130. The minimum Gasteiger partial charge on any atom is -0.422 e. The molecule has 5 rings (SSSR count). The van der Waals surface area contributed by atoms with Gasteiger partial charge < -0.3 is 4.74 Å². The smallest absolute Gasteiger partial charge is 0.348 e. The molecule has 3 nitrogen and oxygen atoms in total. The number of hydrogen-bond donors (Lipinski definition) is 0. The average molecular weight is 415 g/mol. The van der Waals surface area contributed by atoms with Crippen LogP contribution >= 0.6 is 21.6 Å². The molecule has 2 heterocycles. The summed E-state index contributed by atoms with van der Waals surface area (Å²) in [5, 5.41) is 0. The molecule has 5 heteroatoms. The second kappa shape index (κ2) is 7.43. The van der Waals surface area contributed by atoms with E-state index in [0.717, 1.165) is 21.6 Å². The van der Waals surface area contributed by atoms with Crippen LogP contribution in [0.2, 0.25) is 0 Å². The van der Waals surface area contributed by atoms with E-state index in [9.17, 15) is 9.59 Å².